The van der Waals surface area contributed by atoms with Gasteiger partial charge in [0, 0.05) is 12.1 Å². The Bertz CT molecular complexity index is 501. The first-order valence-corrected chi connectivity index (χ1v) is 6.87. The lowest BCUT2D eigenvalue weighted by Crippen LogP contribution is -2.19. The molecule has 0 unspecified atom stereocenters. The number of methoxy groups -OCH3 is 1. The normalized spacial score (nSPS) is 11.5. The van der Waals surface area contributed by atoms with Crippen LogP contribution in [-0.2, 0) is 14.8 Å². The summed E-state index contributed by atoms with van der Waals surface area (Å²) < 4.78 is 30.1. The molecule has 1 aromatic carbocycles. The molecule has 0 amide bonds. The van der Waals surface area contributed by atoms with Gasteiger partial charge in [-0.3, -0.25) is 4.72 Å². The molecule has 17 heavy (non-hydrogen) atoms. The van der Waals surface area contributed by atoms with Gasteiger partial charge < -0.3 is 9.84 Å². The van der Waals surface area contributed by atoms with Gasteiger partial charge in [0.15, 0.2) is 0 Å². The maximum atomic E-state index is 11.6. The molecule has 0 heterocycles. The first-order valence-electron chi connectivity index (χ1n) is 4.84. The minimum Gasteiger partial charge on any atom is -0.505 e. The van der Waals surface area contributed by atoms with E-state index >= 15 is 0 Å². The number of phenolic OH excluding ortho intramolecular Hbond substituents is 1. The molecule has 0 saturated carbocycles. The number of rotatable bonds is 5. The van der Waals surface area contributed by atoms with Crippen LogP contribution in [0.5, 0.6) is 5.75 Å². The van der Waals surface area contributed by atoms with Crippen LogP contribution in [0.15, 0.2) is 12.1 Å². The Labute approximate surface area is 105 Å². The largest absolute Gasteiger partial charge is 0.505 e. The Balaban J connectivity index is 2.95. The zero-order chi connectivity index (χ0) is 13.1. The quantitative estimate of drug-likeness (QED) is 0.805. The van der Waals surface area contributed by atoms with Crippen LogP contribution in [0.3, 0.4) is 0 Å². The molecular formula is C10H14ClNO4S. The summed E-state index contributed by atoms with van der Waals surface area (Å²) in [4.78, 5) is 0. The van der Waals surface area contributed by atoms with Crippen LogP contribution in [0.2, 0.25) is 5.02 Å². The van der Waals surface area contributed by atoms with Crippen molar-refractivity contribution < 1.29 is 18.3 Å². The molecule has 2 N–H and O–H groups in total. The van der Waals surface area contributed by atoms with Crippen LogP contribution in [0.4, 0.5) is 5.69 Å². The average molecular weight is 280 g/mol. The predicted octanol–water partition coefficient (Wildman–Crippen LogP) is 1.74. The number of sulfonamides is 1. The third kappa shape index (κ3) is 4.07. The standard InChI is InChI=1S/C10H14ClNO4S/c1-7-5-8(11)6-9(10(7)13)12-17(14,15)4-3-16-2/h5-6,12-13H,3-4H2,1-2H3. The average Bonchev–Trinajstić information content (AvgIpc) is 2.22. The fourth-order valence-electron chi connectivity index (χ4n) is 1.22. The van der Waals surface area contributed by atoms with Crippen LogP contribution in [-0.4, -0.2) is 33.0 Å². The summed E-state index contributed by atoms with van der Waals surface area (Å²) in [6, 6.07) is 2.90. The van der Waals surface area contributed by atoms with Gasteiger partial charge in [0.05, 0.1) is 18.0 Å². The van der Waals surface area contributed by atoms with Crippen LogP contribution in [0, 0.1) is 6.92 Å². The molecule has 96 valence electrons. The highest BCUT2D eigenvalue weighted by Gasteiger charge is 2.14. The first kappa shape index (κ1) is 14.1. The van der Waals surface area contributed by atoms with Crippen molar-refractivity contribution >= 4 is 27.3 Å². The molecule has 0 aromatic heterocycles. The van der Waals surface area contributed by atoms with Crippen molar-refractivity contribution in [2.75, 3.05) is 24.2 Å². The van der Waals surface area contributed by atoms with Gasteiger partial charge in [-0.2, -0.15) is 0 Å². The lowest BCUT2D eigenvalue weighted by Gasteiger charge is -2.11. The van der Waals surface area contributed by atoms with E-state index in [2.05, 4.69) is 9.46 Å². The van der Waals surface area contributed by atoms with Crippen molar-refractivity contribution in [2.24, 2.45) is 0 Å². The molecule has 1 rings (SSSR count). The second-order valence-electron chi connectivity index (χ2n) is 3.53. The Hall–Kier alpha value is -0.980. The van der Waals surface area contributed by atoms with E-state index < -0.39 is 10.0 Å². The van der Waals surface area contributed by atoms with E-state index in [0.717, 1.165) is 0 Å². The van der Waals surface area contributed by atoms with Gasteiger partial charge in [0.25, 0.3) is 0 Å². The first-order chi connectivity index (χ1) is 7.85. The number of hydrogen-bond donors (Lipinski definition) is 2. The third-order valence-corrected chi connectivity index (χ3v) is 3.54. The number of anilines is 1. The van der Waals surface area contributed by atoms with Gasteiger partial charge >= 0.3 is 0 Å². The molecule has 0 spiro atoms. The van der Waals surface area contributed by atoms with Crippen molar-refractivity contribution in [3.05, 3.63) is 22.7 Å². The highest BCUT2D eigenvalue weighted by atomic mass is 35.5. The Morgan fingerprint density at radius 2 is 2.12 bits per heavy atom. The van der Waals surface area contributed by atoms with Gasteiger partial charge in [0.1, 0.15) is 5.75 Å². The van der Waals surface area contributed by atoms with E-state index in [4.69, 9.17) is 11.6 Å². The summed E-state index contributed by atoms with van der Waals surface area (Å²) in [6.07, 6.45) is 0. The number of aryl methyl sites for hydroxylation is 1. The maximum Gasteiger partial charge on any atom is 0.235 e. The monoisotopic (exact) mass is 279 g/mol. The van der Waals surface area contributed by atoms with Crippen molar-refractivity contribution in [3.8, 4) is 5.75 Å². The van der Waals surface area contributed by atoms with Gasteiger partial charge in [0.2, 0.25) is 10.0 Å². The van der Waals surface area contributed by atoms with E-state index in [9.17, 15) is 13.5 Å². The second kappa shape index (κ2) is 5.57. The highest BCUT2D eigenvalue weighted by Crippen LogP contribution is 2.31. The van der Waals surface area contributed by atoms with E-state index in [1.165, 1.54) is 13.2 Å². The van der Waals surface area contributed by atoms with Gasteiger partial charge in [-0.05, 0) is 24.6 Å². The summed E-state index contributed by atoms with van der Waals surface area (Å²) >= 11 is 5.78. The molecule has 0 saturated heterocycles. The fourth-order valence-corrected chi connectivity index (χ4v) is 2.48. The molecule has 5 nitrogen and oxygen atoms in total. The molecular weight excluding hydrogens is 266 g/mol. The molecule has 0 radical (unpaired) electrons. The van der Waals surface area contributed by atoms with Crippen molar-refractivity contribution in [1.82, 2.24) is 0 Å². The minimum atomic E-state index is -3.55. The molecule has 0 atom stereocenters. The summed E-state index contributed by atoms with van der Waals surface area (Å²) in [6.45, 7) is 1.71. The number of phenols is 1. The van der Waals surface area contributed by atoms with E-state index in [1.54, 1.807) is 13.0 Å². The Morgan fingerprint density at radius 3 is 2.71 bits per heavy atom. The zero-order valence-corrected chi connectivity index (χ0v) is 11.1. The van der Waals surface area contributed by atoms with Crippen molar-refractivity contribution in [3.63, 3.8) is 0 Å². The molecule has 0 fully saturated rings. The lowest BCUT2D eigenvalue weighted by molar-refractivity contribution is 0.217. The smallest absolute Gasteiger partial charge is 0.235 e. The van der Waals surface area contributed by atoms with Crippen molar-refractivity contribution in [2.45, 2.75) is 6.92 Å². The topological polar surface area (TPSA) is 75.6 Å². The molecule has 0 aliphatic carbocycles. The molecule has 0 aliphatic heterocycles. The SMILES string of the molecule is COCCS(=O)(=O)Nc1cc(Cl)cc(C)c1O. The fraction of sp³-hybridized carbons (Fsp3) is 0.400. The van der Waals surface area contributed by atoms with Crippen LogP contribution in [0.1, 0.15) is 5.56 Å². The van der Waals surface area contributed by atoms with Gasteiger partial charge in [-0.1, -0.05) is 11.6 Å². The number of ether oxygens (including phenoxy) is 1. The summed E-state index contributed by atoms with van der Waals surface area (Å²) in [7, 11) is -2.13. The van der Waals surface area contributed by atoms with Crippen LogP contribution < -0.4 is 4.72 Å². The number of aromatic hydroxyl groups is 1. The molecule has 0 bridgehead atoms. The van der Waals surface area contributed by atoms with E-state index in [1.807, 2.05) is 0 Å². The van der Waals surface area contributed by atoms with Gasteiger partial charge in [-0.15, -0.1) is 0 Å². The zero-order valence-electron chi connectivity index (χ0n) is 9.53. The lowest BCUT2D eigenvalue weighted by atomic mass is 10.2. The van der Waals surface area contributed by atoms with Crippen LogP contribution in [0.25, 0.3) is 0 Å². The second-order valence-corrected chi connectivity index (χ2v) is 5.81. The Morgan fingerprint density at radius 1 is 1.47 bits per heavy atom. The van der Waals surface area contributed by atoms with E-state index in [0.29, 0.717) is 10.6 Å². The number of halogens is 1. The van der Waals surface area contributed by atoms with E-state index in [-0.39, 0.29) is 23.8 Å². The number of hydrogen-bond acceptors (Lipinski definition) is 4. The Kier molecular flexibility index (Phi) is 4.62. The van der Waals surface area contributed by atoms with Crippen molar-refractivity contribution in [1.29, 1.82) is 0 Å². The number of benzene rings is 1. The highest BCUT2D eigenvalue weighted by molar-refractivity contribution is 7.92. The molecule has 0 aliphatic rings. The third-order valence-electron chi connectivity index (χ3n) is 2.09. The van der Waals surface area contributed by atoms with Crippen LogP contribution >= 0.6 is 11.6 Å². The number of nitrogens with one attached hydrogen (secondary N) is 1. The minimum absolute atomic E-state index is 0.0751. The molecule has 1 aromatic rings. The predicted molar refractivity (Wildman–Crippen MR) is 67.1 cm³/mol. The van der Waals surface area contributed by atoms with Gasteiger partial charge in [-0.25, -0.2) is 8.42 Å². The molecule has 7 heteroatoms. The summed E-state index contributed by atoms with van der Waals surface area (Å²) in [5, 5.41) is 10.0. The summed E-state index contributed by atoms with van der Waals surface area (Å²) in [5.41, 5.74) is 0.577. The summed E-state index contributed by atoms with van der Waals surface area (Å²) in [5.74, 6) is -0.315. The maximum absolute atomic E-state index is 11.6.